The normalized spacial score (nSPS) is 15.3. The molecule has 1 unspecified atom stereocenters. The first-order valence-corrected chi connectivity index (χ1v) is 14.5. The van der Waals surface area contributed by atoms with Gasteiger partial charge in [-0.05, 0) is 61.9 Å². The lowest BCUT2D eigenvalue weighted by molar-refractivity contribution is 0.0529. The standard InChI is InChI=1S/C30H34N6O3S/c1-20-7-8-22(15-28(20)36(40-3)11-13-37)30(38)32-18-24-16-27-23(17-31-24)9-10-26(33-27)25-5-4-6-29(34-25)35-12-14-39-21(2)19-35/h4-10,15-17,21,37H,11-14,18-19H2,1-3H3,(H,32,38). The van der Waals surface area contributed by atoms with Crippen LogP contribution in [0.5, 0.6) is 0 Å². The van der Waals surface area contributed by atoms with Gasteiger partial charge < -0.3 is 24.4 Å². The van der Waals surface area contributed by atoms with Crippen LogP contribution < -0.4 is 14.5 Å². The molecule has 1 atom stereocenters. The van der Waals surface area contributed by atoms with E-state index in [4.69, 9.17) is 14.7 Å². The van der Waals surface area contributed by atoms with Gasteiger partial charge in [0.25, 0.3) is 5.91 Å². The van der Waals surface area contributed by atoms with Gasteiger partial charge in [-0.2, -0.15) is 0 Å². The number of carbonyl (C=O) groups excluding carboxylic acids is 1. The van der Waals surface area contributed by atoms with Crippen LogP contribution in [-0.2, 0) is 11.3 Å². The molecule has 0 bridgehead atoms. The summed E-state index contributed by atoms with van der Waals surface area (Å²) < 4.78 is 7.65. The Morgan fingerprint density at radius 2 is 2.02 bits per heavy atom. The Balaban J connectivity index is 1.31. The van der Waals surface area contributed by atoms with E-state index in [9.17, 15) is 9.90 Å². The molecule has 0 radical (unpaired) electrons. The topological polar surface area (TPSA) is 104 Å². The molecule has 1 fully saturated rings. The lowest BCUT2D eigenvalue weighted by atomic mass is 10.1. The molecule has 1 amide bonds. The van der Waals surface area contributed by atoms with Gasteiger partial charge in [-0.1, -0.05) is 24.1 Å². The number of aryl methyl sites for hydroxylation is 1. The summed E-state index contributed by atoms with van der Waals surface area (Å²) in [5, 5.41) is 13.3. The number of aromatic nitrogens is 3. The van der Waals surface area contributed by atoms with Gasteiger partial charge in [0.1, 0.15) is 5.82 Å². The Bertz CT molecular complexity index is 1500. The maximum atomic E-state index is 13.0. The fourth-order valence-corrected chi connectivity index (χ4v) is 5.42. The predicted molar refractivity (Wildman–Crippen MR) is 161 cm³/mol. The Labute approximate surface area is 238 Å². The van der Waals surface area contributed by atoms with E-state index in [1.807, 2.05) is 72.1 Å². The fourth-order valence-electron chi connectivity index (χ4n) is 4.76. The molecular formula is C30H34N6O3S. The van der Waals surface area contributed by atoms with Crippen molar-refractivity contribution in [3.63, 3.8) is 0 Å². The minimum atomic E-state index is -0.187. The molecule has 40 heavy (non-hydrogen) atoms. The second-order valence-corrected chi connectivity index (χ2v) is 10.6. The molecule has 208 valence electrons. The third-order valence-corrected chi connectivity index (χ3v) is 7.71. The molecule has 9 nitrogen and oxygen atoms in total. The summed E-state index contributed by atoms with van der Waals surface area (Å²) in [7, 11) is 0. The molecule has 1 aliphatic rings. The summed E-state index contributed by atoms with van der Waals surface area (Å²) in [4.78, 5) is 29.5. The molecule has 4 heterocycles. The van der Waals surface area contributed by atoms with E-state index in [2.05, 4.69) is 22.1 Å². The van der Waals surface area contributed by atoms with Crippen LogP contribution in [0.3, 0.4) is 0 Å². The van der Waals surface area contributed by atoms with Crippen molar-refractivity contribution < 1.29 is 14.6 Å². The number of fused-ring (bicyclic) bond motifs is 1. The first kappa shape index (κ1) is 27.8. The maximum absolute atomic E-state index is 13.0. The van der Waals surface area contributed by atoms with Crippen molar-refractivity contribution in [1.82, 2.24) is 20.3 Å². The second-order valence-electron chi connectivity index (χ2n) is 9.77. The van der Waals surface area contributed by atoms with Gasteiger partial charge >= 0.3 is 0 Å². The average molecular weight is 559 g/mol. The largest absolute Gasteiger partial charge is 0.394 e. The third kappa shape index (κ3) is 6.35. The number of hydrogen-bond donors (Lipinski definition) is 2. The van der Waals surface area contributed by atoms with E-state index >= 15 is 0 Å². The minimum absolute atomic E-state index is 0.0364. The highest BCUT2D eigenvalue weighted by atomic mass is 32.2. The van der Waals surface area contributed by atoms with Gasteiger partial charge in [-0.25, -0.2) is 9.97 Å². The highest BCUT2D eigenvalue weighted by molar-refractivity contribution is 7.99. The zero-order valence-corrected chi connectivity index (χ0v) is 23.8. The first-order chi connectivity index (χ1) is 19.4. The summed E-state index contributed by atoms with van der Waals surface area (Å²) in [5.41, 5.74) is 5.60. The van der Waals surface area contributed by atoms with E-state index in [0.29, 0.717) is 24.4 Å². The molecular weight excluding hydrogens is 524 g/mol. The van der Waals surface area contributed by atoms with E-state index in [-0.39, 0.29) is 25.2 Å². The molecule has 1 saturated heterocycles. The number of aliphatic hydroxyl groups excluding tert-OH is 1. The van der Waals surface area contributed by atoms with Crippen LogP contribution in [0.4, 0.5) is 11.5 Å². The molecule has 3 aromatic heterocycles. The van der Waals surface area contributed by atoms with Crippen molar-refractivity contribution in [2.24, 2.45) is 0 Å². The predicted octanol–water partition coefficient (Wildman–Crippen LogP) is 4.23. The van der Waals surface area contributed by atoms with Gasteiger partial charge in [-0.15, -0.1) is 0 Å². The highest BCUT2D eigenvalue weighted by Crippen LogP contribution is 2.27. The second kappa shape index (κ2) is 12.6. The number of hydrogen-bond acceptors (Lipinski definition) is 9. The van der Waals surface area contributed by atoms with Crippen LogP contribution in [0.15, 0.2) is 60.8 Å². The fraction of sp³-hybridized carbons (Fsp3) is 0.333. The van der Waals surface area contributed by atoms with Gasteiger partial charge in [0.05, 0.1) is 60.7 Å². The highest BCUT2D eigenvalue weighted by Gasteiger charge is 2.19. The SMILES string of the molecule is CSN(CCO)c1cc(C(=O)NCc2cc3nc(-c4cccc(N5CCOC(C)C5)n4)ccc3cn2)ccc1C. The van der Waals surface area contributed by atoms with Crippen LogP contribution in [0.2, 0.25) is 0 Å². The van der Waals surface area contributed by atoms with Crippen molar-refractivity contribution in [2.45, 2.75) is 26.5 Å². The number of carbonyl (C=O) groups is 1. The Kier molecular flexibility index (Phi) is 8.78. The van der Waals surface area contributed by atoms with Crippen LogP contribution in [-0.4, -0.2) is 71.2 Å². The number of nitrogens with zero attached hydrogens (tertiary/aromatic N) is 5. The van der Waals surface area contributed by atoms with Crippen LogP contribution in [0, 0.1) is 6.92 Å². The smallest absolute Gasteiger partial charge is 0.251 e. The summed E-state index contributed by atoms with van der Waals surface area (Å²) in [5.74, 6) is 0.734. The number of pyridine rings is 3. The number of amides is 1. The van der Waals surface area contributed by atoms with E-state index in [1.165, 1.54) is 11.9 Å². The quantitative estimate of drug-likeness (QED) is 0.292. The zero-order valence-electron chi connectivity index (χ0n) is 23.0. The number of rotatable bonds is 9. The van der Waals surface area contributed by atoms with Gasteiger partial charge in [0.15, 0.2) is 0 Å². The molecule has 0 saturated carbocycles. The minimum Gasteiger partial charge on any atom is -0.394 e. The summed E-state index contributed by atoms with van der Waals surface area (Å²) in [6.45, 7) is 7.18. The Hall–Kier alpha value is -3.73. The monoisotopic (exact) mass is 558 g/mol. The van der Waals surface area contributed by atoms with Gasteiger partial charge in [-0.3, -0.25) is 9.78 Å². The van der Waals surface area contributed by atoms with Crippen LogP contribution >= 0.6 is 11.9 Å². The summed E-state index contributed by atoms with van der Waals surface area (Å²) in [6.07, 6.45) is 3.90. The molecule has 4 aromatic rings. The summed E-state index contributed by atoms with van der Waals surface area (Å²) >= 11 is 1.51. The Morgan fingerprint density at radius 3 is 2.83 bits per heavy atom. The van der Waals surface area contributed by atoms with Crippen molar-refractivity contribution in [3.05, 3.63) is 77.6 Å². The first-order valence-electron chi connectivity index (χ1n) is 13.4. The number of morpholine rings is 1. The Morgan fingerprint density at radius 1 is 1.18 bits per heavy atom. The lowest BCUT2D eigenvalue weighted by Crippen LogP contribution is -2.41. The third-order valence-electron chi connectivity index (χ3n) is 6.89. The van der Waals surface area contributed by atoms with Crippen LogP contribution in [0.25, 0.3) is 22.3 Å². The van der Waals surface area contributed by atoms with Crippen molar-refractivity contribution in [1.29, 1.82) is 0 Å². The van der Waals surface area contributed by atoms with E-state index < -0.39 is 0 Å². The molecule has 1 aliphatic heterocycles. The number of ether oxygens (including phenoxy) is 1. The number of benzene rings is 1. The molecule has 2 N–H and O–H groups in total. The molecule has 0 aliphatic carbocycles. The molecule has 0 spiro atoms. The molecule has 10 heteroatoms. The van der Waals surface area contributed by atoms with E-state index in [1.54, 1.807) is 6.20 Å². The van der Waals surface area contributed by atoms with Gasteiger partial charge in [0, 0.05) is 36.5 Å². The summed E-state index contributed by atoms with van der Waals surface area (Å²) in [6, 6.07) is 17.5. The lowest BCUT2D eigenvalue weighted by Gasteiger charge is -2.32. The van der Waals surface area contributed by atoms with Gasteiger partial charge in [0.2, 0.25) is 0 Å². The zero-order chi connectivity index (χ0) is 28.1. The van der Waals surface area contributed by atoms with E-state index in [0.717, 1.165) is 52.4 Å². The average Bonchev–Trinajstić information content (AvgIpc) is 2.98. The number of anilines is 2. The van der Waals surface area contributed by atoms with Crippen molar-refractivity contribution in [2.75, 3.05) is 48.3 Å². The molecule has 1 aromatic carbocycles. The molecule has 5 rings (SSSR count). The number of nitrogens with one attached hydrogen (secondary N) is 1. The van der Waals surface area contributed by atoms with Crippen LogP contribution in [0.1, 0.15) is 28.5 Å². The van der Waals surface area contributed by atoms with Crippen molar-refractivity contribution in [3.8, 4) is 11.4 Å². The number of aliphatic hydroxyl groups is 1. The maximum Gasteiger partial charge on any atom is 0.251 e. The van der Waals surface area contributed by atoms with Crippen molar-refractivity contribution >= 4 is 40.3 Å².